The lowest BCUT2D eigenvalue weighted by molar-refractivity contribution is -0.207. The quantitative estimate of drug-likeness (QED) is 0.350. The lowest BCUT2D eigenvalue weighted by Crippen LogP contribution is -2.38. The SMILES string of the molecule is Cc1c(-c2cnc(Oc3ccc(C4CCO4)cc3)c(Cl)c2)sc2c1c(=O)[nH]c(=O)n2C[C@@H](O)C(F)(F)F. The average Bonchev–Trinajstić information content (AvgIpc) is 3.14. The third-order valence-corrected chi connectivity index (χ3v) is 7.67. The molecule has 4 aromatic rings. The van der Waals surface area contributed by atoms with E-state index in [1.165, 1.54) is 6.20 Å². The number of fused-ring (bicyclic) bond motifs is 1. The Kier molecular flexibility index (Phi) is 6.61. The number of nitrogens with one attached hydrogen (secondary N) is 1. The molecular weight excluding hydrogens is 535 g/mol. The molecule has 0 amide bonds. The van der Waals surface area contributed by atoms with Crippen molar-refractivity contribution < 1.29 is 27.8 Å². The second kappa shape index (κ2) is 9.60. The maximum absolute atomic E-state index is 12.9. The molecule has 1 fully saturated rings. The maximum atomic E-state index is 12.9. The summed E-state index contributed by atoms with van der Waals surface area (Å²) in [6.07, 6.45) is -5.20. The standard InChI is InChI=1S/C24H19ClF3N3O5S/c1-11-18-20(33)30-23(34)31(10-17(32)24(26,27)28)22(18)37-19(11)13-8-15(25)21(29-9-13)36-14-4-2-12(3-5-14)16-6-7-35-16/h2-5,8-9,16-17,32H,6-7,10H2,1H3,(H,30,33,34)/t16?,17-/m1/s1. The number of aliphatic hydroxyl groups is 1. The fraction of sp³-hybridized carbons (Fsp3) is 0.292. The van der Waals surface area contributed by atoms with Gasteiger partial charge in [0.25, 0.3) is 5.56 Å². The van der Waals surface area contributed by atoms with Crippen molar-refractivity contribution in [2.75, 3.05) is 6.61 Å². The number of aliphatic hydroxyl groups excluding tert-OH is 1. The van der Waals surface area contributed by atoms with E-state index in [4.69, 9.17) is 21.1 Å². The number of aromatic nitrogens is 3. The van der Waals surface area contributed by atoms with Crippen molar-refractivity contribution in [2.45, 2.75) is 38.3 Å². The minimum absolute atomic E-state index is 0.00321. The minimum Gasteiger partial charge on any atom is -0.438 e. The van der Waals surface area contributed by atoms with Crippen LogP contribution in [0.5, 0.6) is 11.6 Å². The Bertz CT molecular complexity index is 1590. The molecule has 1 aliphatic rings. The number of aromatic amines is 1. The zero-order chi connectivity index (χ0) is 26.5. The molecule has 1 saturated heterocycles. The van der Waals surface area contributed by atoms with Gasteiger partial charge >= 0.3 is 11.9 Å². The van der Waals surface area contributed by atoms with Crippen molar-refractivity contribution in [1.82, 2.24) is 14.5 Å². The molecule has 0 bridgehead atoms. The number of hydrogen-bond acceptors (Lipinski definition) is 7. The highest BCUT2D eigenvalue weighted by Gasteiger charge is 2.39. The second-order valence-electron chi connectivity index (χ2n) is 8.49. The Morgan fingerprint density at radius 3 is 2.62 bits per heavy atom. The Hall–Kier alpha value is -3.19. The summed E-state index contributed by atoms with van der Waals surface area (Å²) in [5.74, 6) is 0.655. The summed E-state index contributed by atoms with van der Waals surface area (Å²) in [6.45, 7) is 1.28. The van der Waals surface area contributed by atoms with Crippen molar-refractivity contribution >= 4 is 33.2 Å². The first-order chi connectivity index (χ1) is 17.5. The van der Waals surface area contributed by atoms with E-state index in [2.05, 4.69) is 4.98 Å². The van der Waals surface area contributed by atoms with Crippen LogP contribution < -0.4 is 16.0 Å². The van der Waals surface area contributed by atoms with Crippen molar-refractivity contribution in [3.05, 3.63) is 73.5 Å². The largest absolute Gasteiger partial charge is 0.438 e. The molecule has 1 aromatic carbocycles. The molecular formula is C24H19ClF3N3O5S. The molecule has 2 N–H and O–H groups in total. The predicted molar refractivity (Wildman–Crippen MR) is 132 cm³/mol. The molecule has 5 rings (SSSR count). The Labute approximate surface area is 215 Å². The highest BCUT2D eigenvalue weighted by Crippen LogP contribution is 2.39. The molecule has 0 aliphatic carbocycles. The lowest BCUT2D eigenvalue weighted by atomic mass is 10.0. The number of aryl methyl sites for hydroxylation is 1. The third kappa shape index (κ3) is 4.89. The van der Waals surface area contributed by atoms with Gasteiger partial charge < -0.3 is 14.6 Å². The fourth-order valence-corrected chi connectivity index (χ4v) is 5.48. The highest BCUT2D eigenvalue weighted by molar-refractivity contribution is 7.22. The van der Waals surface area contributed by atoms with Crippen LogP contribution in [-0.2, 0) is 11.3 Å². The molecule has 13 heteroatoms. The van der Waals surface area contributed by atoms with Crippen LogP contribution in [-0.4, -0.2) is 38.5 Å². The summed E-state index contributed by atoms with van der Waals surface area (Å²) in [7, 11) is 0. The summed E-state index contributed by atoms with van der Waals surface area (Å²) >= 11 is 7.34. The van der Waals surface area contributed by atoms with Crippen LogP contribution in [0.3, 0.4) is 0 Å². The van der Waals surface area contributed by atoms with Crippen LogP contribution in [0, 0.1) is 6.92 Å². The van der Waals surface area contributed by atoms with E-state index < -0.39 is 30.1 Å². The van der Waals surface area contributed by atoms with Crippen molar-refractivity contribution in [3.63, 3.8) is 0 Å². The van der Waals surface area contributed by atoms with Crippen LogP contribution in [0.1, 0.15) is 23.7 Å². The summed E-state index contributed by atoms with van der Waals surface area (Å²) in [5, 5.41) is 9.72. The van der Waals surface area contributed by atoms with Gasteiger partial charge in [-0.2, -0.15) is 13.2 Å². The van der Waals surface area contributed by atoms with E-state index in [0.717, 1.165) is 29.9 Å². The third-order valence-electron chi connectivity index (χ3n) is 6.03. The number of thiophene rings is 1. The number of pyridine rings is 1. The smallest absolute Gasteiger partial charge is 0.416 e. The Balaban J connectivity index is 1.47. The first kappa shape index (κ1) is 25.5. The van der Waals surface area contributed by atoms with Gasteiger partial charge in [-0.05, 0) is 36.2 Å². The van der Waals surface area contributed by atoms with Gasteiger partial charge in [0.2, 0.25) is 5.88 Å². The van der Waals surface area contributed by atoms with Gasteiger partial charge in [-0.25, -0.2) is 9.78 Å². The van der Waals surface area contributed by atoms with Crippen molar-refractivity contribution in [2.24, 2.45) is 0 Å². The van der Waals surface area contributed by atoms with Gasteiger partial charge in [-0.15, -0.1) is 11.3 Å². The summed E-state index contributed by atoms with van der Waals surface area (Å²) in [6, 6.07) is 8.91. The molecule has 1 aliphatic heterocycles. The van der Waals surface area contributed by atoms with Crippen LogP contribution in [0.25, 0.3) is 20.7 Å². The number of H-pyrrole nitrogens is 1. The van der Waals surface area contributed by atoms with Crippen LogP contribution in [0.15, 0.2) is 46.1 Å². The first-order valence-corrected chi connectivity index (χ1v) is 12.3. The zero-order valence-electron chi connectivity index (χ0n) is 19.1. The van der Waals surface area contributed by atoms with Gasteiger partial charge in [0.05, 0.1) is 24.6 Å². The number of ether oxygens (including phenoxy) is 2. The van der Waals surface area contributed by atoms with E-state index in [1.807, 2.05) is 17.1 Å². The van der Waals surface area contributed by atoms with Gasteiger partial charge in [-0.1, -0.05) is 23.7 Å². The number of halogens is 4. The maximum Gasteiger partial charge on any atom is 0.416 e. The first-order valence-electron chi connectivity index (χ1n) is 11.1. The van der Waals surface area contributed by atoms with Crippen LogP contribution >= 0.6 is 22.9 Å². The van der Waals surface area contributed by atoms with E-state index in [9.17, 15) is 27.9 Å². The molecule has 2 atom stereocenters. The summed E-state index contributed by atoms with van der Waals surface area (Å²) in [4.78, 5) is 31.6. The van der Waals surface area contributed by atoms with Gasteiger partial charge in [0.1, 0.15) is 15.6 Å². The number of benzene rings is 1. The summed E-state index contributed by atoms with van der Waals surface area (Å²) in [5.41, 5.74) is 0.153. The molecule has 8 nitrogen and oxygen atoms in total. The van der Waals surface area contributed by atoms with Gasteiger partial charge in [0, 0.05) is 23.1 Å². The normalized spacial score (nSPS) is 16.5. The number of rotatable bonds is 6. The zero-order valence-corrected chi connectivity index (χ0v) is 20.7. The van der Waals surface area contributed by atoms with Crippen molar-refractivity contribution in [3.8, 4) is 22.1 Å². The topological polar surface area (TPSA) is 106 Å². The average molecular weight is 554 g/mol. The lowest BCUT2D eigenvalue weighted by Gasteiger charge is -2.26. The van der Waals surface area contributed by atoms with E-state index >= 15 is 0 Å². The molecule has 0 spiro atoms. The van der Waals surface area contributed by atoms with Crippen LogP contribution in [0.2, 0.25) is 5.02 Å². The fourth-order valence-electron chi connectivity index (χ4n) is 3.98. The molecule has 3 aromatic heterocycles. The Morgan fingerprint density at radius 1 is 1.32 bits per heavy atom. The van der Waals surface area contributed by atoms with E-state index in [1.54, 1.807) is 25.1 Å². The number of nitrogens with zero attached hydrogens (tertiary/aromatic N) is 2. The molecule has 4 heterocycles. The van der Waals surface area contributed by atoms with Crippen molar-refractivity contribution in [1.29, 1.82) is 0 Å². The van der Waals surface area contributed by atoms with E-state index in [0.29, 0.717) is 26.3 Å². The molecule has 0 radical (unpaired) electrons. The second-order valence-corrected chi connectivity index (χ2v) is 9.90. The number of hydrogen-bond donors (Lipinski definition) is 2. The van der Waals surface area contributed by atoms with Gasteiger partial charge in [0.15, 0.2) is 6.10 Å². The molecule has 1 unspecified atom stereocenters. The summed E-state index contributed by atoms with van der Waals surface area (Å²) < 4.78 is 50.8. The van der Waals surface area contributed by atoms with Crippen LogP contribution in [0.4, 0.5) is 13.2 Å². The highest BCUT2D eigenvalue weighted by atomic mass is 35.5. The van der Waals surface area contributed by atoms with E-state index in [-0.39, 0.29) is 27.2 Å². The predicted octanol–water partition coefficient (Wildman–Crippen LogP) is 4.95. The number of alkyl halides is 3. The molecule has 194 valence electrons. The van der Waals surface area contributed by atoms with Gasteiger partial charge in [-0.3, -0.25) is 14.3 Å². The monoisotopic (exact) mass is 553 g/mol. The minimum atomic E-state index is -4.93. The Morgan fingerprint density at radius 2 is 2.03 bits per heavy atom. The molecule has 37 heavy (non-hydrogen) atoms. The molecule has 0 saturated carbocycles.